The number of H-pyrrole nitrogens is 1. The Morgan fingerprint density at radius 1 is 1.30 bits per heavy atom. The molecule has 0 aliphatic heterocycles. The Kier molecular flexibility index (Phi) is 4.60. The maximum atomic E-state index is 11.5. The zero-order valence-electron chi connectivity index (χ0n) is 11.5. The first-order valence-corrected chi connectivity index (χ1v) is 6.23. The summed E-state index contributed by atoms with van der Waals surface area (Å²) in [5, 5.41) is 3.09. The van der Waals surface area contributed by atoms with Crippen molar-refractivity contribution in [3.05, 3.63) is 46.5 Å². The Hall–Kier alpha value is -2.50. The minimum atomic E-state index is -0.300. The van der Waals surface area contributed by atoms with E-state index < -0.39 is 0 Å². The molecule has 2 aromatic rings. The maximum Gasteiger partial charge on any atom is 0.295 e. The van der Waals surface area contributed by atoms with Crippen LogP contribution in [0.3, 0.4) is 0 Å². The Balaban J connectivity index is 1.99. The van der Waals surface area contributed by atoms with Crippen molar-refractivity contribution in [3.63, 3.8) is 0 Å². The molecule has 0 unspecified atom stereocenters. The lowest BCUT2D eigenvalue weighted by Gasteiger charge is -2.09. The quantitative estimate of drug-likeness (QED) is 0.834. The fraction of sp³-hybridized carbons (Fsp3) is 0.286. The van der Waals surface area contributed by atoms with Crippen LogP contribution in [0.25, 0.3) is 0 Å². The van der Waals surface area contributed by atoms with Gasteiger partial charge in [-0.2, -0.15) is 0 Å². The molecule has 2 rings (SSSR count). The molecular weight excluding hydrogens is 258 g/mol. The summed E-state index contributed by atoms with van der Waals surface area (Å²) in [4.78, 5) is 18.0. The van der Waals surface area contributed by atoms with Crippen LogP contribution in [0.15, 0.2) is 35.4 Å². The van der Waals surface area contributed by atoms with Gasteiger partial charge in [-0.3, -0.25) is 4.79 Å². The summed E-state index contributed by atoms with van der Waals surface area (Å²) < 4.78 is 10.2. The molecule has 6 heteroatoms. The summed E-state index contributed by atoms with van der Waals surface area (Å²) in [6.07, 6.45) is 2.13. The number of hydrogen-bond acceptors (Lipinski definition) is 5. The number of methoxy groups -OCH3 is 2. The zero-order chi connectivity index (χ0) is 14.4. The first kappa shape index (κ1) is 13.9. The lowest BCUT2D eigenvalue weighted by molar-refractivity contribution is 0.408. The highest BCUT2D eigenvalue weighted by Crippen LogP contribution is 2.15. The predicted molar refractivity (Wildman–Crippen MR) is 76.6 cm³/mol. The Labute approximate surface area is 116 Å². The number of aromatic amines is 1. The zero-order valence-corrected chi connectivity index (χ0v) is 11.5. The van der Waals surface area contributed by atoms with E-state index in [0.29, 0.717) is 12.4 Å². The lowest BCUT2D eigenvalue weighted by Crippen LogP contribution is -2.15. The fourth-order valence-corrected chi connectivity index (χ4v) is 1.86. The monoisotopic (exact) mass is 275 g/mol. The van der Waals surface area contributed by atoms with E-state index in [-0.39, 0.29) is 11.3 Å². The molecule has 0 atom stereocenters. The molecule has 0 bridgehead atoms. The SMILES string of the molecule is COc1cccc(CCNc2nc[nH]c(=O)c2OC)c1. The average molecular weight is 275 g/mol. The van der Waals surface area contributed by atoms with Gasteiger partial charge in [-0.05, 0) is 24.1 Å². The van der Waals surface area contributed by atoms with Crippen molar-refractivity contribution in [1.82, 2.24) is 9.97 Å². The average Bonchev–Trinajstić information content (AvgIpc) is 2.48. The highest BCUT2D eigenvalue weighted by molar-refractivity contribution is 5.47. The molecule has 20 heavy (non-hydrogen) atoms. The lowest BCUT2D eigenvalue weighted by atomic mass is 10.1. The minimum Gasteiger partial charge on any atom is -0.497 e. The van der Waals surface area contributed by atoms with Gasteiger partial charge in [-0.15, -0.1) is 0 Å². The summed E-state index contributed by atoms with van der Waals surface area (Å²) in [6.45, 7) is 0.639. The number of hydrogen-bond donors (Lipinski definition) is 2. The van der Waals surface area contributed by atoms with Crippen molar-refractivity contribution in [1.29, 1.82) is 0 Å². The molecule has 0 aliphatic carbocycles. The second-order valence-electron chi connectivity index (χ2n) is 4.14. The topological polar surface area (TPSA) is 76.2 Å². The molecule has 0 saturated heterocycles. The van der Waals surface area contributed by atoms with Crippen molar-refractivity contribution in [3.8, 4) is 11.5 Å². The summed E-state index contributed by atoms with van der Waals surface area (Å²) >= 11 is 0. The number of rotatable bonds is 6. The molecule has 0 saturated carbocycles. The highest BCUT2D eigenvalue weighted by atomic mass is 16.5. The molecule has 0 aliphatic rings. The standard InChI is InChI=1S/C14H17N3O3/c1-19-11-5-3-4-10(8-11)6-7-15-13-12(20-2)14(18)17-9-16-13/h3-5,8-9H,6-7H2,1-2H3,(H2,15,16,17,18). The van der Waals surface area contributed by atoms with Gasteiger partial charge < -0.3 is 19.8 Å². The number of nitrogens with zero attached hydrogens (tertiary/aromatic N) is 1. The van der Waals surface area contributed by atoms with E-state index in [1.54, 1.807) is 7.11 Å². The molecule has 0 amide bonds. The third-order valence-corrected chi connectivity index (χ3v) is 2.85. The summed E-state index contributed by atoms with van der Waals surface area (Å²) in [5.74, 6) is 1.46. The van der Waals surface area contributed by atoms with Crippen molar-refractivity contribution < 1.29 is 9.47 Å². The molecule has 6 nitrogen and oxygen atoms in total. The first-order chi connectivity index (χ1) is 9.74. The van der Waals surface area contributed by atoms with Crippen LogP contribution in [-0.2, 0) is 6.42 Å². The highest BCUT2D eigenvalue weighted by Gasteiger charge is 2.07. The molecule has 1 aromatic carbocycles. The second-order valence-corrected chi connectivity index (χ2v) is 4.14. The fourth-order valence-electron chi connectivity index (χ4n) is 1.86. The number of ether oxygens (including phenoxy) is 2. The smallest absolute Gasteiger partial charge is 0.295 e. The third-order valence-electron chi connectivity index (χ3n) is 2.85. The van der Waals surface area contributed by atoms with E-state index in [9.17, 15) is 4.79 Å². The van der Waals surface area contributed by atoms with Gasteiger partial charge in [-0.1, -0.05) is 12.1 Å². The molecule has 0 radical (unpaired) electrons. The minimum absolute atomic E-state index is 0.193. The van der Waals surface area contributed by atoms with Crippen LogP contribution in [0.1, 0.15) is 5.56 Å². The van der Waals surface area contributed by atoms with Gasteiger partial charge in [0.1, 0.15) is 5.75 Å². The predicted octanol–water partition coefficient (Wildman–Crippen LogP) is 1.44. The molecule has 1 heterocycles. The van der Waals surface area contributed by atoms with Crippen LogP contribution in [-0.4, -0.2) is 30.7 Å². The third kappa shape index (κ3) is 3.28. The van der Waals surface area contributed by atoms with Gasteiger partial charge in [0.25, 0.3) is 5.56 Å². The first-order valence-electron chi connectivity index (χ1n) is 6.23. The summed E-state index contributed by atoms with van der Waals surface area (Å²) in [6, 6.07) is 7.84. The van der Waals surface area contributed by atoms with Gasteiger partial charge in [-0.25, -0.2) is 4.98 Å². The van der Waals surface area contributed by atoms with Crippen LogP contribution in [0.2, 0.25) is 0 Å². The van der Waals surface area contributed by atoms with E-state index in [1.165, 1.54) is 13.4 Å². The van der Waals surface area contributed by atoms with Crippen LogP contribution in [0.5, 0.6) is 11.5 Å². The molecule has 2 N–H and O–H groups in total. The Morgan fingerprint density at radius 2 is 2.15 bits per heavy atom. The van der Waals surface area contributed by atoms with Gasteiger partial charge in [0.2, 0.25) is 5.75 Å². The van der Waals surface area contributed by atoms with E-state index in [4.69, 9.17) is 9.47 Å². The summed E-state index contributed by atoms with van der Waals surface area (Å²) in [5.41, 5.74) is 0.840. The number of anilines is 1. The summed E-state index contributed by atoms with van der Waals surface area (Å²) in [7, 11) is 3.09. The molecule has 0 spiro atoms. The van der Waals surface area contributed by atoms with Gasteiger partial charge in [0, 0.05) is 6.54 Å². The molecular formula is C14H17N3O3. The van der Waals surface area contributed by atoms with Crippen LogP contribution < -0.4 is 20.3 Å². The van der Waals surface area contributed by atoms with Gasteiger partial charge in [0.05, 0.1) is 20.5 Å². The Bertz CT molecular complexity index is 625. The van der Waals surface area contributed by atoms with Gasteiger partial charge in [0.15, 0.2) is 5.82 Å². The van der Waals surface area contributed by atoms with Crippen LogP contribution in [0, 0.1) is 0 Å². The molecule has 106 valence electrons. The second kappa shape index (κ2) is 6.60. The number of nitrogens with one attached hydrogen (secondary N) is 2. The van der Waals surface area contributed by atoms with E-state index in [0.717, 1.165) is 17.7 Å². The normalized spacial score (nSPS) is 10.1. The van der Waals surface area contributed by atoms with Crippen LogP contribution in [0.4, 0.5) is 5.82 Å². The van der Waals surface area contributed by atoms with Crippen molar-refractivity contribution in [2.24, 2.45) is 0 Å². The van der Waals surface area contributed by atoms with Crippen molar-refractivity contribution >= 4 is 5.82 Å². The number of aromatic nitrogens is 2. The maximum absolute atomic E-state index is 11.5. The number of benzene rings is 1. The molecule has 0 fully saturated rings. The largest absolute Gasteiger partial charge is 0.497 e. The van der Waals surface area contributed by atoms with Crippen molar-refractivity contribution in [2.75, 3.05) is 26.1 Å². The Morgan fingerprint density at radius 3 is 2.90 bits per heavy atom. The molecule has 1 aromatic heterocycles. The van der Waals surface area contributed by atoms with Crippen molar-refractivity contribution in [2.45, 2.75) is 6.42 Å². The van der Waals surface area contributed by atoms with Gasteiger partial charge >= 0.3 is 0 Å². The van der Waals surface area contributed by atoms with E-state index in [2.05, 4.69) is 15.3 Å². The van der Waals surface area contributed by atoms with E-state index in [1.807, 2.05) is 24.3 Å². The van der Waals surface area contributed by atoms with Crippen LogP contribution >= 0.6 is 0 Å². The van der Waals surface area contributed by atoms with E-state index >= 15 is 0 Å².